The molecule has 0 saturated carbocycles. The first-order valence-corrected chi connectivity index (χ1v) is 14.1. The predicted octanol–water partition coefficient (Wildman–Crippen LogP) is 5.93. The molecule has 1 fully saturated rings. The van der Waals surface area contributed by atoms with Crippen LogP contribution in [0.2, 0.25) is 5.02 Å². The molecule has 0 bridgehead atoms. The van der Waals surface area contributed by atoms with Crippen molar-refractivity contribution in [3.05, 3.63) is 93.9 Å². The first kappa shape index (κ1) is 29.1. The monoisotopic (exact) mass is 586 g/mol. The Labute approximate surface area is 248 Å². The van der Waals surface area contributed by atoms with Gasteiger partial charge in [0, 0.05) is 36.8 Å². The highest BCUT2D eigenvalue weighted by atomic mass is 35.5. The van der Waals surface area contributed by atoms with Gasteiger partial charge in [-0.25, -0.2) is 18.7 Å². The zero-order valence-corrected chi connectivity index (χ0v) is 24.8. The van der Waals surface area contributed by atoms with Crippen molar-refractivity contribution in [1.82, 2.24) is 24.4 Å². The third kappa shape index (κ3) is 4.98. The van der Waals surface area contributed by atoms with Crippen LogP contribution < -0.4 is 10.6 Å². The molecule has 1 atom stereocenters. The van der Waals surface area contributed by atoms with Crippen molar-refractivity contribution in [2.45, 2.75) is 39.7 Å². The van der Waals surface area contributed by atoms with Crippen LogP contribution in [0.25, 0.3) is 34.1 Å². The second kappa shape index (κ2) is 11.5. The van der Waals surface area contributed by atoms with Crippen LogP contribution in [0.1, 0.15) is 43.5 Å². The molecule has 8 nitrogen and oxygen atoms in total. The number of halogens is 2. The van der Waals surface area contributed by atoms with E-state index in [0.717, 1.165) is 11.1 Å². The normalized spacial score (nSPS) is 15.4. The lowest BCUT2D eigenvalue weighted by molar-refractivity contribution is -0.126. The SMILES string of the molecule is C=CC(=O)N1CCN(c2nc(=O)n(-c3c(C(C)C)ncc(F)c3C)c3nc(-c4ccccc4C=C)c(Cl)cc23)[C@@H](C)C1. The van der Waals surface area contributed by atoms with Gasteiger partial charge in [-0.2, -0.15) is 4.98 Å². The van der Waals surface area contributed by atoms with Gasteiger partial charge < -0.3 is 9.80 Å². The first-order chi connectivity index (χ1) is 20.1. The van der Waals surface area contributed by atoms with Gasteiger partial charge in [0.05, 0.1) is 33.7 Å². The van der Waals surface area contributed by atoms with Crippen molar-refractivity contribution in [3.63, 3.8) is 0 Å². The Bertz CT molecular complexity index is 1800. The minimum atomic E-state index is -0.621. The van der Waals surface area contributed by atoms with Crippen LogP contribution in [-0.2, 0) is 4.79 Å². The van der Waals surface area contributed by atoms with Gasteiger partial charge in [-0.15, -0.1) is 0 Å². The summed E-state index contributed by atoms with van der Waals surface area (Å²) in [6.45, 7) is 16.2. The van der Waals surface area contributed by atoms with Gasteiger partial charge in [-0.1, -0.05) is 68.9 Å². The smallest absolute Gasteiger partial charge is 0.350 e. The van der Waals surface area contributed by atoms with Gasteiger partial charge in [0.15, 0.2) is 5.65 Å². The Morgan fingerprint density at radius 3 is 2.60 bits per heavy atom. The summed E-state index contributed by atoms with van der Waals surface area (Å²) >= 11 is 6.91. The highest BCUT2D eigenvalue weighted by Crippen LogP contribution is 2.37. The summed E-state index contributed by atoms with van der Waals surface area (Å²) in [5.41, 5.74) is 2.78. The number of anilines is 1. The van der Waals surface area contributed by atoms with Crippen LogP contribution in [0.5, 0.6) is 0 Å². The molecule has 1 aliphatic heterocycles. The van der Waals surface area contributed by atoms with Crippen molar-refractivity contribution in [1.29, 1.82) is 0 Å². The highest BCUT2D eigenvalue weighted by molar-refractivity contribution is 6.34. The Balaban J connectivity index is 1.85. The Morgan fingerprint density at radius 2 is 1.93 bits per heavy atom. The van der Waals surface area contributed by atoms with E-state index in [0.29, 0.717) is 52.9 Å². The van der Waals surface area contributed by atoms with Gasteiger partial charge in [0.1, 0.15) is 11.6 Å². The lowest BCUT2D eigenvalue weighted by Crippen LogP contribution is -2.54. The number of hydrogen-bond donors (Lipinski definition) is 0. The fourth-order valence-electron chi connectivity index (χ4n) is 5.50. The fourth-order valence-corrected chi connectivity index (χ4v) is 5.75. The number of benzene rings is 1. The second-order valence-corrected chi connectivity index (χ2v) is 11.1. The first-order valence-electron chi connectivity index (χ1n) is 13.8. The molecular formula is C32H32ClFN6O2. The van der Waals surface area contributed by atoms with E-state index in [1.807, 2.05) is 49.9 Å². The second-order valence-electron chi connectivity index (χ2n) is 10.7. The summed E-state index contributed by atoms with van der Waals surface area (Å²) in [5.74, 6) is -0.415. The average Bonchev–Trinajstić information content (AvgIpc) is 2.98. The van der Waals surface area contributed by atoms with E-state index in [9.17, 15) is 9.59 Å². The minimum absolute atomic E-state index is 0.121. The maximum atomic E-state index is 15.0. The molecule has 5 rings (SSSR count). The van der Waals surface area contributed by atoms with Crippen molar-refractivity contribution in [3.8, 4) is 16.9 Å². The van der Waals surface area contributed by atoms with Crippen LogP contribution in [0.3, 0.4) is 0 Å². The molecule has 4 heterocycles. The molecule has 3 aromatic heterocycles. The van der Waals surface area contributed by atoms with Crippen LogP contribution >= 0.6 is 11.6 Å². The van der Waals surface area contributed by atoms with Crippen LogP contribution in [-0.4, -0.2) is 56.0 Å². The molecule has 0 spiro atoms. The number of hydrogen-bond acceptors (Lipinski definition) is 6. The Morgan fingerprint density at radius 1 is 1.19 bits per heavy atom. The number of aromatic nitrogens is 4. The minimum Gasteiger partial charge on any atom is -0.350 e. The summed E-state index contributed by atoms with van der Waals surface area (Å²) in [5, 5.41) is 0.879. The zero-order chi connectivity index (χ0) is 30.3. The molecule has 0 N–H and O–H groups in total. The van der Waals surface area contributed by atoms with Gasteiger partial charge in [0.2, 0.25) is 5.91 Å². The van der Waals surface area contributed by atoms with E-state index in [-0.39, 0.29) is 29.1 Å². The molecule has 1 aliphatic rings. The summed E-state index contributed by atoms with van der Waals surface area (Å²) in [6, 6.07) is 9.13. The van der Waals surface area contributed by atoms with Crippen LogP contribution in [0.4, 0.5) is 10.2 Å². The standard InChI is InChI=1S/C32H32ClFN6O2/c1-7-21-11-9-10-12-22(21)28-24(33)15-23-30(39-14-13-38(17-19(39)5)26(41)8-2)37-32(42)40(31(23)36-28)29-20(6)25(34)16-35-27(29)18(3)4/h7-12,15-16,18-19H,1-2,13-14,17H2,3-6H3/t19-/m0/s1. The average molecular weight is 587 g/mol. The summed E-state index contributed by atoms with van der Waals surface area (Å²) in [4.78, 5) is 43.9. The van der Waals surface area contributed by atoms with E-state index < -0.39 is 11.5 Å². The number of rotatable bonds is 6. The molecule has 4 aromatic rings. The lowest BCUT2D eigenvalue weighted by atomic mass is 10.0. The van der Waals surface area contributed by atoms with E-state index in [2.05, 4.69) is 23.1 Å². The quantitative estimate of drug-likeness (QED) is 0.260. The summed E-state index contributed by atoms with van der Waals surface area (Å²) < 4.78 is 16.3. The number of carbonyl (C=O) groups is 1. The van der Waals surface area contributed by atoms with E-state index in [1.54, 1.807) is 24.0 Å². The third-order valence-corrected chi connectivity index (χ3v) is 7.95. The highest BCUT2D eigenvalue weighted by Gasteiger charge is 2.30. The molecule has 42 heavy (non-hydrogen) atoms. The van der Waals surface area contributed by atoms with Crippen LogP contribution in [0.15, 0.2) is 60.6 Å². The van der Waals surface area contributed by atoms with Gasteiger partial charge in [-0.05, 0) is 37.5 Å². The fraction of sp³-hybridized carbons (Fsp3) is 0.281. The topological polar surface area (TPSA) is 84.2 Å². The third-order valence-electron chi connectivity index (χ3n) is 7.67. The number of carbonyl (C=O) groups excluding carboxylic acids is 1. The largest absolute Gasteiger partial charge is 0.355 e. The molecule has 216 valence electrons. The molecule has 1 amide bonds. The maximum absolute atomic E-state index is 15.0. The molecule has 0 radical (unpaired) electrons. The summed E-state index contributed by atoms with van der Waals surface area (Å²) in [6.07, 6.45) is 4.18. The predicted molar refractivity (Wildman–Crippen MR) is 166 cm³/mol. The van der Waals surface area contributed by atoms with Gasteiger partial charge in [0.25, 0.3) is 0 Å². The maximum Gasteiger partial charge on any atom is 0.355 e. The zero-order valence-electron chi connectivity index (χ0n) is 24.1. The molecular weight excluding hydrogens is 555 g/mol. The van der Waals surface area contributed by atoms with E-state index in [4.69, 9.17) is 16.6 Å². The molecule has 10 heteroatoms. The van der Waals surface area contributed by atoms with E-state index in [1.165, 1.54) is 16.8 Å². The number of nitrogens with zero attached hydrogens (tertiary/aromatic N) is 6. The number of fused-ring (bicyclic) bond motifs is 1. The molecule has 1 aromatic carbocycles. The van der Waals surface area contributed by atoms with Crippen molar-refractivity contribution in [2.75, 3.05) is 24.5 Å². The number of pyridine rings is 2. The Kier molecular flexibility index (Phi) is 7.97. The summed E-state index contributed by atoms with van der Waals surface area (Å²) in [7, 11) is 0. The Hall–Kier alpha value is -4.37. The van der Waals surface area contributed by atoms with Crippen molar-refractivity contribution >= 4 is 40.4 Å². The van der Waals surface area contributed by atoms with Crippen LogP contribution in [0, 0.1) is 12.7 Å². The van der Waals surface area contributed by atoms with Crippen molar-refractivity contribution in [2.24, 2.45) is 0 Å². The van der Waals surface area contributed by atoms with Gasteiger partial charge >= 0.3 is 5.69 Å². The molecule has 0 aliphatic carbocycles. The molecule has 0 unspecified atom stereocenters. The van der Waals surface area contributed by atoms with Gasteiger partial charge in [-0.3, -0.25) is 9.78 Å². The number of amides is 1. The number of piperazine rings is 1. The molecule has 1 saturated heterocycles. The van der Waals surface area contributed by atoms with E-state index >= 15 is 4.39 Å². The lowest BCUT2D eigenvalue weighted by Gasteiger charge is -2.40. The van der Waals surface area contributed by atoms with Crippen molar-refractivity contribution < 1.29 is 9.18 Å².